The molecule has 0 bridgehead atoms. The quantitative estimate of drug-likeness (QED) is 0.661. The van der Waals surface area contributed by atoms with Crippen molar-refractivity contribution in [3.8, 4) is 11.4 Å². The highest BCUT2D eigenvalue weighted by Gasteiger charge is 2.26. The highest BCUT2D eigenvalue weighted by atomic mass is 16.2. The second kappa shape index (κ2) is 7.34. The lowest BCUT2D eigenvalue weighted by Gasteiger charge is -2.31. The van der Waals surface area contributed by atoms with Crippen molar-refractivity contribution in [3.05, 3.63) is 48.6 Å². The molecule has 0 spiro atoms. The first-order valence-electron chi connectivity index (χ1n) is 8.63. The van der Waals surface area contributed by atoms with Crippen molar-refractivity contribution in [2.75, 3.05) is 13.1 Å². The van der Waals surface area contributed by atoms with Crippen LogP contribution < -0.4 is 5.32 Å². The van der Waals surface area contributed by atoms with Gasteiger partial charge in [-0.25, -0.2) is 14.8 Å². The lowest BCUT2D eigenvalue weighted by Crippen LogP contribution is -2.45. The van der Waals surface area contributed by atoms with Crippen LogP contribution in [0.1, 0.15) is 30.4 Å². The Balaban J connectivity index is 1.33. The average Bonchev–Trinajstić information content (AvgIpc) is 3.39. The molecule has 3 aromatic heterocycles. The molecule has 1 fully saturated rings. The summed E-state index contributed by atoms with van der Waals surface area (Å²) in [6, 6.07) is 3.59. The standard InChI is InChI=1S/C17H20N8O/c26-17(25-9-1-2-13(11-25)15-19-7-8-20-15)21-10-14-22-16(24-23-14)12-3-5-18-6-4-12/h3-8,13H,1-2,9-11H2,(H,19,20)(H,21,26)(H,22,23,24)/t13-/m1/s1. The Kier molecular flexibility index (Phi) is 4.59. The van der Waals surface area contributed by atoms with Crippen LogP contribution >= 0.6 is 0 Å². The average molecular weight is 352 g/mol. The van der Waals surface area contributed by atoms with Crippen LogP contribution in [0.4, 0.5) is 4.79 Å². The van der Waals surface area contributed by atoms with Crippen LogP contribution in [0.15, 0.2) is 36.9 Å². The van der Waals surface area contributed by atoms with Crippen molar-refractivity contribution < 1.29 is 4.79 Å². The maximum atomic E-state index is 12.5. The number of imidazole rings is 1. The summed E-state index contributed by atoms with van der Waals surface area (Å²) in [5.74, 6) is 2.41. The lowest BCUT2D eigenvalue weighted by atomic mass is 9.98. The monoisotopic (exact) mass is 352 g/mol. The van der Waals surface area contributed by atoms with E-state index >= 15 is 0 Å². The van der Waals surface area contributed by atoms with Gasteiger partial charge in [-0.3, -0.25) is 10.1 Å². The molecule has 4 rings (SSSR count). The van der Waals surface area contributed by atoms with E-state index in [2.05, 4.69) is 35.5 Å². The molecule has 3 N–H and O–H groups in total. The van der Waals surface area contributed by atoms with Gasteiger partial charge >= 0.3 is 6.03 Å². The number of aromatic nitrogens is 6. The highest BCUT2D eigenvalue weighted by Crippen LogP contribution is 2.24. The number of rotatable bonds is 4. The maximum Gasteiger partial charge on any atom is 0.317 e. The van der Waals surface area contributed by atoms with E-state index in [1.165, 1.54) is 0 Å². The minimum absolute atomic E-state index is 0.0943. The molecule has 0 radical (unpaired) electrons. The maximum absolute atomic E-state index is 12.5. The van der Waals surface area contributed by atoms with Crippen molar-refractivity contribution in [1.82, 2.24) is 40.3 Å². The number of nitrogens with one attached hydrogen (secondary N) is 3. The smallest absolute Gasteiger partial charge is 0.317 e. The zero-order valence-corrected chi connectivity index (χ0v) is 14.2. The number of carbonyl (C=O) groups excluding carboxylic acids is 1. The molecule has 1 saturated heterocycles. The molecule has 1 aliphatic rings. The minimum Gasteiger partial charge on any atom is -0.348 e. The van der Waals surface area contributed by atoms with Crippen LogP contribution in [0, 0.1) is 0 Å². The summed E-state index contributed by atoms with van der Waals surface area (Å²) >= 11 is 0. The van der Waals surface area contributed by atoms with E-state index in [0.29, 0.717) is 24.7 Å². The molecule has 1 aliphatic heterocycles. The molecule has 9 heteroatoms. The number of urea groups is 1. The van der Waals surface area contributed by atoms with Crippen molar-refractivity contribution in [2.45, 2.75) is 25.3 Å². The summed E-state index contributed by atoms with van der Waals surface area (Å²) in [4.78, 5) is 30.2. The molecule has 0 aliphatic carbocycles. The van der Waals surface area contributed by atoms with Gasteiger partial charge in [0.05, 0.1) is 6.54 Å². The van der Waals surface area contributed by atoms with Gasteiger partial charge in [-0.2, -0.15) is 5.10 Å². The number of carbonyl (C=O) groups is 1. The van der Waals surface area contributed by atoms with E-state index in [-0.39, 0.29) is 11.9 Å². The van der Waals surface area contributed by atoms with Gasteiger partial charge in [-0.05, 0) is 25.0 Å². The molecule has 0 aromatic carbocycles. The number of likely N-dealkylation sites (tertiary alicyclic amines) is 1. The van der Waals surface area contributed by atoms with E-state index in [1.54, 1.807) is 18.6 Å². The molecule has 0 unspecified atom stereocenters. The third kappa shape index (κ3) is 3.56. The SMILES string of the molecule is O=C(NCc1nc(-c2ccncc2)n[nH]1)N1CCC[C@@H](c2ncc[nH]2)C1. The number of nitrogens with zero attached hydrogens (tertiary/aromatic N) is 5. The van der Waals surface area contributed by atoms with Gasteiger partial charge in [0.15, 0.2) is 5.82 Å². The molecule has 4 heterocycles. The van der Waals surface area contributed by atoms with Gasteiger partial charge < -0.3 is 15.2 Å². The van der Waals surface area contributed by atoms with Crippen molar-refractivity contribution in [3.63, 3.8) is 0 Å². The third-order valence-corrected chi connectivity index (χ3v) is 4.49. The fraction of sp³-hybridized carbons (Fsp3) is 0.353. The topological polar surface area (TPSA) is 115 Å². The summed E-state index contributed by atoms with van der Waals surface area (Å²) in [7, 11) is 0. The van der Waals surface area contributed by atoms with Gasteiger partial charge in [0.2, 0.25) is 0 Å². The number of piperidine rings is 1. The molecule has 1 atom stereocenters. The summed E-state index contributed by atoms with van der Waals surface area (Å²) < 4.78 is 0. The van der Waals surface area contributed by atoms with Crippen LogP contribution in [-0.4, -0.2) is 54.2 Å². The number of H-pyrrole nitrogens is 2. The fourth-order valence-corrected chi connectivity index (χ4v) is 3.16. The largest absolute Gasteiger partial charge is 0.348 e. The van der Waals surface area contributed by atoms with Gasteiger partial charge in [0.25, 0.3) is 0 Å². The zero-order chi connectivity index (χ0) is 17.8. The Bertz CT molecular complexity index is 845. The first-order valence-corrected chi connectivity index (χ1v) is 8.63. The number of amides is 2. The van der Waals surface area contributed by atoms with Gasteiger partial charge in [0, 0.05) is 49.4 Å². The molecule has 3 aromatic rings. The molecule has 9 nitrogen and oxygen atoms in total. The van der Waals surface area contributed by atoms with E-state index in [4.69, 9.17) is 0 Å². The Morgan fingerprint density at radius 1 is 1.31 bits per heavy atom. The van der Waals surface area contributed by atoms with Crippen LogP contribution in [0.5, 0.6) is 0 Å². The number of pyridine rings is 1. The molecule has 134 valence electrons. The molecule has 2 amide bonds. The fourth-order valence-electron chi connectivity index (χ4n) is 3.16. The minimum atomic E-state index is -0.0943. The van der Waals surface area contributed by atoms with Crippen molar-refractivity contribution in [2.24, 2.45) is 0 Å². The summed E-state index contributed by atoms with van der Waals surface area (Å²) in [5.41, 5.74) is 0.881. The van der Waals surface area contributed by atoms with E-state index < -0.39 is 0 Å². The zero-order valence-electron chi connectivity index (χ0n) is 14.2. The lowest BCUT2D eigenvalue weighted by molar-refractivity contribution is 0.178. The highest BCUT2D eigenvalue weighted by molar-refractivity contribution is 5.74. The Hall–Kier alpha value is -3.23. The molecule has 26 heavy (non-hydrogen) atoms. The normalized spacial score (nSPS) is 17.2. The van der Waals surface area contributed by atoms with Crippen molar-refractivity contribution in [1.29, 1.82) is 0 Å². The van der Waals surface area contributed by atoms with E-state index in [0.717, 1.165) is 30.8 Å². The van der Waals surface area contributed by atoms with E-state index in [9.17, 15) is 4.79 Å². The summed E-state index contributed by atoms with van der Waals surface area (Å²) in [5, 5.41) is 9.96. The van der Waals surface area contributed by atoms with E-state index in [1.807, 2.05) is 23.2 Å². The third-order valence-electron chi connectivity index (χ3n) is 4.49. The second-order valence-corrected chi connectivity index (χ2v) is 6.26. The molecule has 0 saturated carbocycles. The first-order chi connectivity index (χ1) is 12.8. The number of aromatic amines is 2. The van der Waals surface area contributed by atoms with Crippen LogP contribution in [-0.2, 0) is 6.54 Å². The predicted molar refractivity (Wildman–Crippen MR) is 94.0 cm³/mol. The molecular formula is C17H20N8O. The molecular weight excluding hydrogens is 332 g/mol. The van der Waals surface area contributed by atoms with Crippen LogP contribution in [0.2, 0.25) is 0 Å². The Labute approximate surface area is 150 Å². The van der Waals surface area contributed by atoms with Gasteiger partial charge in [-0.1, -0.05) is 0 Å². The Morgan fingerprint density at radius 3 is 3.00 bits per heavy atom. The van der Waals surface area contributed by atoms with Gasteiger partial charge in [0.1, 0.15) is 11.6 Å². The number of hydrogen-bond donors (Lipinski definition) is 3. The Morgan fingerprint density at radius 2 is 2.19 bits per heavy atom. The predicted octanol–water partition coefficient (Wildman–Crippen LogP) is 1.68. The second-order valence-electron chi connectivity index (χ2n) is 6.26. The first kappa shape index (κ1) is 16.2. The van der Waals surface area contributed by atoms with Gasteiger partial charge in [-0.15, -0.1) is 0 Å². The van der Waals surface area contributed by atoms with Crippen LogP contribution in [0.25, 0.3) is 11.4 Å². The summed E-state index contributed by atoms with van der Waals surface area (Å²) in [6.45, 7) is 1.72. The van der Waals surface area contributed by atoms with Crippen molar-refractivity contribution >= 4 is 6.03 Å². The summed E-state index contributed by atoms with van der Waals surface area (Å²) in [6.07, 6.45) is 8.96. The number of hydrogen-bond acceptors (Lipinski definition) is 5. The van der Waals surface area contributed by atoms with Crippen LogP contribution in [0.3, 0.4) is 0 Å².